The van der Waals surface area contributed by atoms with Crippen LogP contribution in [0.2, 0.25) is 0 Å². The van der Waals surface area contributed by atoms with Gasteiger partial charge in [0.05, 0.1) is 0 Å². The van der Waals surface area contributed by atoms with Gasteiger partial charge in [-0.2, -0.15) is 0 Å². The Hall–Kier alpha value is -0.260. The molecule has 0 aromatic carbocycles. The van der Waals surface area contributed by atoms with Crippen molar-refractivity contribution in [1.82, 2.24) is 0 Å². The summed E-state index contributed by atoms with van der Waals surface area (Å²) in [5, 5.41) is 0. The van der Waals surface area contributed by atoms with E-state index in [1.807, 2.05) is 0 Å². The van der Waals surface area contributed by atoms with Crippen LogP contribution in [0.15, 0.2) is 12.2 Å². The van der Waals surface area contributed by atoms with Gasteiger partial charge in [0.25, 0.3) is 0 Å². The lowest BCUT2D eigenvalue weighted by molar-refractivity contribution is 0.376. The highest BCUT2D eigenvalue weighted by Crippen LogP contribution is 2.17. The van der Waals surface area contributed by atoms with Crippen molar-refractivity contribution >= 4 is 0 Å². The van der Waals surface area contributed by atoms with E-state index < -0.39 is 0 Å². The molecule has 0 amide bonds. The highest BCUT2D eigenvalue weighted by molar-refractivity contribution is 4.79. The van der Waals surface area contributed by atoms with E-state index in [2.05, 4.69) is 39.8 Å². The average Bonchev–Trinajstić information content (AvgIpc) is 2.16. The molecule has 0 aliphatic rings. The van der Waals surface area contributed by atoms with Gasteiger partial charge in [-0.1, -0.05) is 59.1 Å². The summed E-state index contributed by atoms with van der Waals surface area (Å²) in [6.07, 6.45) is 12.7. The number of rotatable bonds is 8. The summed E-state index contributed by atoms with van der Waals surface area (Å²) < 4.78 is 0. The first kappa shape index (κ1) is 13.7. The van der Waals surface area contributed by atoms with Crippen LogP contribution in [-0.4, -0.2) is 0 Å². The van der Waals surface area contributed by atoms with E-state index in [-0.39, 0.29) is 0 Å². The van der Waals surface area contributed by atoms with Crippen molar-refractivity contribution in [2.24, 2.45) is 11.8 Å². The molecule has 0 saturated heterocycles. The third-order valence-electron chi connectivity index (χ3n) is 3.07. The second-order valence-electron chi connectivity index (χ2n) is 4.74. The smallest absolute Gasteiger partial charge is 0.0351 e. The van der Waals surface area contributed by atoms with E-state index >= 15 is 0 Å². The van der Waals surface area contributed by atoms with Gasteiger partial charge in [0.15, 0.2) is 0 Å². The normalized spacial score (nSPS) is 14.1. The Labute approximate surface area is 90.8 Å². The van der Waals surface area contributed by atoms with Gasteiger partial charge in [-0.15, -0.1) is 0 Å². The van der Waals surface area contributed by atoms with Crippen molar-refractivity contribution in [2.75, 3.05) is 0 Å². The van der Waals surface area contributed by atoms with Gasteiger partial charge in [-0.05, 0) is 31.1 Å². The third kappa shape index (κ3) is 8.34. The van der Waals surface area contributed by atoms with Gasteiger partial charge in [0, 0.05) is 0 Å². The lowest BCUT2D eigenvalue weighted by Gasteiger charge is -2.14. The van der Waals surface area contributed by atoms with E-state index in [4.69, 9.17) is 0 Å². The molecule has 0 fully saturated rings. The lowest BCUT2D eigenvalue weighted by Crippen LogP contribution is -2.03. The Balaban J connectivity index is 3.17. The van der Waals surface area contributed by atoms with Crippen molar-refractivity contribution in [1.29, 1.82) is 0 Å². The lowest BCUT2D eigenvalue weighted by atomic mass is 9.92. The van der Waals surface area contributed by atoms with E-state index in [9.17, 15) is 0 Å². The van der Waals surface area contributed by atoms with Gasteiger partial charge in [-0.3, -0.25) is 0 Å². The number of allylic oxidation sites excluding steroid dienone is 2. The van der Waals surface area contributed by atoms with Crippen LogP contribution in [0.3, 0.4) is 0 Å². The Kier molecular flexibility index (Phi) is 9.13. The molecule has 0 radical (unpaired) electrons. The Morgan fingerprint density at radius 3 is 2.21 bits per heavy atom. The molecule has 1 atom stereocenters. The second-order valence-corrected chi connectivity index (χ2v) is 4.74. The molecule has 0 aliphatic heterocycles. The summed E-state index contributed by atoms with van der Waals surface area (Å²) >= 11 is 0. The molecule has 1 unspecified atom stereocenters. The molecule has 0 bridgehead atoms. The van der Waals surface area contributed by atoms with Crippen LogP contribution >= 0.6 is 0 Å². The number of hydrogen-bond acceptors (Lipinski definition) is 0. The molecule has 0 heteroatoms. The topological polar surface area (TPSA) is 0 Å². The molecular weight excluding hydrogens is 168 g/mol. The number of unbranched alkanes of at least 4 members (excludes halogenated alkanes) is 3. The van der Waals surface area contributed by atoms with Crippen molar-refractivity contribution in [3.8, 4) is 0 Å². The van der Waals surface area contributed by atoms with Crippen molar-refractivity contribution in [3.63, 3.8) is 0 Å². The van der Waals surface area contributed by atoms with Crippen LogP contribution in [0.4, 0.5) is 0 Å². The molecule has 14 heavy (non-hydrogen) atoms. The number of hydrogen-bond donors (Lipinski definition) is 0. The zero-order valence-corrected chi connectivity index (χ0v) is 10.6. The summed E-state index contributed by atoms with van der Waals surface area (Å²) in [7, 11) is 0. The monoisotopic (exact) mass is 196 g/mol. The maximum Gasteiger partial charge on any atom is -0.0351 e. The van der Waals surface area contributed by atoms with E-state index in [0.29, 0.717) is 0 Å². The summed E-state index contributed by atoms with van der Waals surface area (Å²) in [4.78, 5) is 0. The van der Waals surface area contributed by atoms with E-state index in [1.54, 1.807) is 0 Å². The fourth-order valence-electron chi connectivity index (χ4n) is 1.52. The summed E-state index contributed by atoms with van der Waals surface area (Å²) in [6, 6.07) is 0. The predicted molar refractivity (Wildman–Crippen MR) is 66.5 cm³/mol. The molecular formula is C14H28. The summed E-state index contributed by atoms with van der Waals surface area (Å²) in [6.45, 7) is 9.23. The zero-order chi connectivity index (χ0) is 10.8. The van der Waals surface area contributed by atoms with Crippen LogP contribution in [0.1, 0.15) is 66.2 Å². The Bertz CT molecular complexity index is 133. The van der Waals surface area contributed by atoms with Crippen molar-refractivity contribution in [2.45, 2.75) is 66.2 Å². The molecule has 0 aliphatic carbocycles. The van der Waals surface area contributed by atoms with Crippen LogP contribution < -0.4 is 0 Å². The molecule has 0 aromatic rings. The van der Waals surface area contributed by atoms with E-state index in [1.165, 1.54) is 38.5 Å². The van der Waals surface area contributed by atoms with Crippen molar-refractivity contribution in [3.05, 3.63) is 12.2 Å². The Morgan fingerprint density at radius 2 is 1.64 bits per heavy atom. The largest absolute Gasteiger partial charge is 0.0888 e. The fourth-order valence-corrected chi connectivity index (χ4v) is 1.52. The summed E-state index contributed by atoms with van der Waals surface area (Å²) in [5.41, 5.74) is 0. The SMILES string of the molecule is CCC=CCCCCCC(C)C(C)C. The fraction of sp³-hybridized carbons (Fsp3) is 0.857. The minimum Gasteiger partial charge on any atom is -0.0888 e. The first-order valence-electron chi connectivity index (χ1n) is 6.33. The van der Waals surface area contributed by atoms with Crippen molar-refractivity contribution < 1.29 is 0 Å². The summed E-state index contributed by atoms with van der Waals surface area (Å²) in [5.74, 6) is 1.76. The standard InChI is InChI=1S/C14H28/c1-5-6-7-8-9-10-11-12-14(4)13(2)3/h6-7,13-14H,5,8-12H2,1-4H3. The minimum absolute atomic E-state index is 0.856. The average molecular weight is 196 g/mol. The molecule has 0 rings (SSSR count). The first-order valence-corrected chi connectivity index (χ1v) is 6.33. The molecule has 0 saturated carbocycles. The molecule has 0 heterocycles. The van der Waals surface area contributed by atoms with Crippen LogP contribution in [-0.2, 0) is 0 Å². The van der Waals surface area contributed by atoms with Gasteiger partial charge < -0.3 is 0 Å². The quantitative estimate of drug-likeness (QED) is 0.370. The zero-order valence-electron chi connectivity index (χ0n) is 10.6. The maximum absolute atomic E-state index is 2.38. The molecule has 84 valence electrons. The molecule has 0 aromatic heterocycles. The van der Waals surface area contributed by atoms with Crippen LogP contribution in [0.25, 0.3) is 0 Å². The van der Waals surface area contributed by atoms with Gasteiger partial charge in [0.1, 0.15) is 0 Å². The second kappa shape index (κ2) is 9.30. The van der Waals surface area contributed by atoms with Gasteiger partial charge in [-0.25, -0.2) is 0 Å². The third-order valence-corrected chi connectivity index (χ3v) is 3.07. The van der Waals surface area contributed by atoms with Crippen LogP contribution in [0.5, 0.6) is 0 Å². The van der Waals surface area contributed by atoms with Gasteiger partial charge in [0.2, 0.25) is 0 Å². The predicted octanol–water partition coefficient (Wildman–Crippen LogP) is 5.20. The highest BCUT2D eigenvalue weighted by Gasteiger charge is 2.05. The molecule has 0 nitrogen and oxygen atoms in total. The molecule has 0 N–H and O–H groups in total. The van der Waals surface area contributed by atoms with E-state index in [0.717, 1.165) is 11.8 Å². The Morgan fingerprint density at radius 1 is 0.929 bits per heavy atom. The van der Waals surface area contributed by atoms with Crippen LogP contribution in [0, 0.1) is 11.8 Å². The maximum atomic E-state index is 2.38. The minimum atomic E-state index is 0.856. The first-order chi connectivity index (χ1) is 6.68. The highest BCUT2D eigenvalue weighted by atomic mass is 14.1. The molecule has 0 spiro atoms. The van der Waals surface area contributed by atoms with Gasteiger partial charge >= 0.3 is 0 Å².